The smallest absolute Gasteiger partial charge is 0.419 e. The Labute approximate surface area is 155 Å². The average molecular weight is 377 g/mol. The third-order valence-electron chi connectivity index (χ3n) is 3.80. The third-order valence-corrected chi connectivity index (χ3v) is 3.80. The molecule has 0 radical (unpaired) electrons. The molecule has 0 aliphatic rings. The summed E-state index contributed by atoms with van der Waals surface area (Å²) in [7, 11) is 0. The van der Waals surface area contributed by atoms with Gasteiger partial charge in [0.15, 0.2) is 12.2 Å². The number of benzene rings is 1. The van der Waals surface area contributed by atoms with Gasteiger partial charge in [-0.05, 0) is 25.5 Å². The zero-order valence-corrected chi connectivity index (χ0v) is 15.3. The van der Waals surface area contributed by atoms with E-state index in [2.05, 4.69) is 10.6 Å². The van der Waals surface area contributed by atoms with Crippen molar-refractivity contribution in [2.45, 2.75) is 39.3 Å². The second-order valence-corrected chi connectivity index (χ2v) is 5.98. The minimum Gasteiger partial charge on any atom is -0.456 e. The lowest BCUT2D eigenvalue weighted by Gasteiger charge is -2.13. The molecule has 2 aromatic rings. The Morgan fingerprint density at radius 3 is 2.74 bits per heavy atom. The van der Waals surface area contributed by atoms with Crippen molar-refractivity contribution in [3.8, 4) is 0 Å². The number of hydrogen-bond acceptors (Lipinski definition) is 6. The van der Waals surface area contributed by atoms with Crippen molar-refractivity contribution in [1.29, 1.82) is 0 Å². The standard InChI is InChI=1S/C18H23N3O6/c1-3-9-19-17(24)12(2)20-15(22)11-26-16(23)8-10-21-13-6-4-5-7-14(13)27-18(21)25/h4-7,12H,3,8-11H2,1-2H3,(H,19,24)(H,20,22)/t12-/m1/s1. The van der Waals surface area contributed by atoms with E-state index in [1.165, 1.54) is 4.57 Å². The maximum absolute atomic E-state index is 11.8. The summed E-state index contributed by atoms with van der Waals surface area (Å²) < 4.78 is 11.3. The van der Waals surface area contributed by atoms with Crippen LogP contribution in [0.2, 0.25) is 0 Å². The molecular weight excluding hydrogens is 354 g/mol. The van der Waals surface area contributed by atoms with Gasteiger partial charge in [-0.25, -0.2) is 4.79 Å². The molecule has 1 atom stereocenters. The highest BCUT2D eigenvalue weighted by Crippen LogP contribution is 2.12. The molecule has 0 saturated carbocycles. The summed E-state index contributed by atoms with van der Waals surface area (Å²) in [6.45, 7) is 3.57. The minimum atomic E-state index is -0.723. The largest absolute Gasteiger partial charge is 0.456 e. The van der Waals surface area contributed by atoms with E-state index >= 15 is 0 Å². The van der Waals surface area contributed by atoms with E-state index in [9.17, 15) is 19.2 Å². The van der Waals surface area contributed by atoms with Crippen LogP contribution >= 0.6 is 0 Å². The summed E-state index contributed by atoms with van der Waals surface area (Å²) in [5.41, 5.74) is 1.02. The summed E-state index contributed by atoms with van der Waals surface area (Å²) in [4.78, 5) is 47.1. The minimum absolute atomic E-state index is 0.0755. The summed E-state index contributed by atoms with van der Waals surface area (Å²) in [6, 6.07) is 6.15. The van der Waals surface area contributed by atoms with Crippen LogP contribution in [0.3, 0.4) is 0 Å². The Balaban J connectivity index is 1.77. The number of amides is 2. The zero-order valence-electron chi connectivity index (χ0n) is 15.3. The SMILES string of the molecule is CCCNC(=O)[C@@H](C)NC(=O)COC(=O)CCn1c(=O)oc2ccccc21. The molecule has 9 heteroatoms. The number of nitrogens with zero attached hydrogens (tertiary/aromatic N) is 1. The maximum atomic E-state index is 11.8. The van der Waals surface area contributed by atoms with Gasteiger partial charge in [-0.2, -0.15) is 0 Å². The van der Waals surface area contributed by atoms with Crippen LogP contribution in [0.1, 0.15) is 26.7 Å². The summed E-state index contributed by atoms with van der Waals surface area (Å²) in [5, 5.41) is 5.10. The zero-order chi connectivity index (χ0) is 19.8. The molecule has 1 aromatic carbocycles. The Morgan fingerprint density at radius 1 is 1.26 bits per heavy atom. The van der Waals surface area contributed by atoms with Crippen LogP contribution in [0, 0.1) is 0 Å². The number of para-hydroxylation sites is 2. The number of ether oxygens (including phenoxy) is 1. The summed E-state index contributed by atoms with van der Waals surface area (Å²) in [5.74, 6) is -2.07. The summed E-state index contributed by atoms with van der Waals surface area (Å²) >= 11 is 0. The van der Waals surface area contributed by atoms with Gasteiger partial charge in [0.1, 0.15) is 6.04 Å². The molecule has 2 N–H and O–H groups in total. The van der Waals surface area contributed by atoms with E-state index in [4.69, 9.17) is 9.15 Å². The Hall–Kier alpha value is -3.10. The Bertz CT molecular complexity index is 869. The maximum Gasteiger partial charge on any atom is 0.419 e. The highest BCUT2D eigenvalue weighted by molar-refractivity contribution is 5.88. The van der Waals surface area contributed by atoms with Crippen LogP contribution in [-0.2, 0) is 25.7 Å². The molecule has 1 aromatic heterocycles. The fourth-order valence-corrected chi connectivity index (χ4v) is 2.40. The monoisotopic (exact) mass is 377 g/mol. The Morgan fingerprint density at radius 2 is 2.00 bits per heavy atom. The molecular formula is C18H23N3O6. The van der Waals surface area contributed by atoms with E-state index in [-0.39, 0.29) is 18.9 Å². The number of carbonyl (C=O) groups excluding carboxylic acids is 3. The normalized spacial score (nSPS) is 11.8. The van der Waals surface area contributed by atoms with Gasteiger partial charge in [0.2, 0.25) is 5.91 Å². The van der Waals surface area contributed by atoms with Gasteiger partial charge < -0.3 is 19.8 Å². The highest BCUT2D eigenvalue weighted by atomic mass is 16.5. The van der Waals surface area contributed by atoms with Crippen molar-refractivity contribution in [2.24, 2.45) is 0 Å². The van der Waals surface area contributed by atoms with Crippen LogP contribution in [0.5, 0.6) is 0 Å². The number of aromatic nitrogens is 1. The van der Waals surface area contributed by atoms with Crippen molar-refractivity contribution < 1.29 is 23.5 Å². The van der Waals surface area contributed by atoms with Gasteiger partial charge in [-0.15, -0.1) is 0 Å². The molecule has 146 valence electrons. The first kappa shape index (κ1) is 20.2. The van der Waals surface area contributed by atoms with E-state index < -0.39 is 30.3 Å². The van der Waals surface area contributed by atoms with Crippen molar-refractivity contribution in [3.05, 3.63) is 34.8 Å². The van der Waals surface area contributed by atoms with E-state index in [0.29, 0.717) is 17.6 Å². The van der Waals surface area contributed by atoms with Crippen molar-refractivity contribution >= 4 is 28.9 Å². The molecule has 0 fully saturated rings. The molecule has 0 spiro atoms. The van der Waals surface area contributed by atoms with Crippen molar-refractivity contribution in [3.63, 3.8) is 0 Å². The number of fused-ring (bicyclic) bond motifs is 1. The lowest BCUT2D eigenvalue weighted by molar-refractivity contribution is -0.149. The van der Waals surface area contributed by atoms with Gasteiger partial charge in [0.25, 0.3) is 5.91 Å². The molecule has 0 saturated heterocycles. The quantitative estimate of drug-likeness (QED) is 0.616. The summed E-state index contributed by atoms with van der Waals surface area (Å²) in [6.07, 6.45) is 0.697. The molecule has 0 bridgehead atoms. The molecule has 0 aliphatic heterocycles. The molecule has 2 rings (SSSR count). The third kappa shape index (κ3) is 5.70. The number of rotatable bonds is 9. The fraction of sp³-hybridized carbons (Fsp3) is 0.444. The first-order chi connectivity index (χ1) is 12.9. The molecule has 0 unspecified atom stereocenters. The number of esters is 1. The number of carbonyl (C=O) groups is 3. The molecule has 0 aliphatic carbocycles. The van der Waals surface area contributed by atoms with Crippen LogP contribution in [0.4, 0.5) is 0 Å². The number of nitrogens with one attached hydrogen (secondary N) is 2. The van der Waals surface area contributed by atoms with Crippen LogP contribution in [0.25, 0.3) is 11.1 Å². The lowest BCUT2D eigenvalue weighted by Crippen LogP contribution is -2.46. The van der Waals surface area contributed by atoms with Crippen LogP contribution in [0.15, 0.2) is 33.5 Å². The second kappa shape index (κ2) is 9.56. The number of oxazole rings is 1. The number of hydrogen-bond donors (Lipinski definition) is 2. The topological polar surface area (TPSA) is 120 Å². The predicted octanol–water partition coefficient (Wildman–Crippen LogP) is 0.559. The predicted molar refractivity (Wildman–Crippen MR) is 97.0 cm³/mol. The Kier molecular flexibility index (Phi) is 7.16. The first-order valence-electron chi connectivity index (χ1n) is 8.73. The van der Waals surface area contributed by atoms with Gasteiger partial charge in [-0.1, -0.05) is 19.1 Å². The molecule has 9 nitrogen and oxygen atoms in total. The van der Waals surface area contributed by atoms with Crippen molar-refractivity contribution in [2.75, 3.05) is 13.2 Å². The van der Waals surface area contributed by atoms with E-state index in [1.807, 2.05) is 6.92 Å². The van der Waals surface area contributed by atoms with Gasteiger partial charge in [0, 0.05) is 13.1 Å². The first-order valence-corrected chi connectivity index (χ1v) is 8.73. The highest BCUT2D eigenvalue weighted by Gasteiger charge is 2.16. The second-order valence-electron chi connectivity index (χ2n) is 5.98. The molecule has 1 heterocycles. The molecule has 27 heavy (non-hydrogen) atoms. The lowest BCUT2D eigenvalue weighted by atomic mass is 10.3. The van der Waals surface area contributed by atoms with E-state index in [1.54, 1.807) is 31.2 Å². The average Bonchev–Trinajstić information content (AvgIpc) is 2.97. The van der Waals surface area contributed by atoms with Crippen molar-refractivity contribution in [1.82, 2.24) is 15.2 Å². The number of aryl methyl sites for hydroxylation is 1. The van der Waals surface area contributed by atoms with Gasteiger partial charge >= 0.3 is 11.7 Å². The molecule has 2 amide bonds. The fourth-order valence-electron chi connectivity index (χ4n) is 2.40. The van der Waals surface area contributed by atoms with Gasteiger partial charge in [-0.3, -0.25) is 19.0 Å². The van der Waals surface area contributed by atoms with Crippen LogP contribution < -0.4 is 16.4 Å². The van der Waals surface area contributed by atoms with E-state index in [0.717, 1.165) is 6.42 Å². The van der Waals surface area contributed by atoms with Crippen LogP contribution in [-0.4, -0.2) is 41.5 Å². The van der Waals surface area contributed by atoms with Gasteiger partial charge in [0.05, 0.1) is 11.9 Å².